The number of allylic oxidation sites excluding steroid dienone is 1. The molecule has 5 heteroatoms. The largest absolute Gasteiger partial charge is 0.468 e. The zero-order valence-electron chi connectivity index (χ0n) is 14.4. The number of rotatable bonds is 6. The maximum absolute atomic E-state index is 12.1. The number of hydrogen-bond donors (Lipinski definition) is 0. The van der Waals surface area contributed by atoms with E-state index in [1.807, 2.05) is 0 Å². The van der Waals surface area contributed by atoms with Crippen molar-refractivity contribution >= 4 is 23.8 Å². The van der Waals surface area contributed by atoms with Crippen molar-refractivity contribution in [1.29, 1.82) is 0 Å². The zero-order chi connectivity index (χ0) is 18.3. The Kier molecular flexibility index (Phi) is 6.65. The summed E-state index contributed by atoms with van der Waals surface area (Å²) in [5.74, 6) is -2.79. The molecular weight excluding hydrogens is 308 g/mol. The minimum absolute atomic E-state index is 0.439. The highest BCUT2D eigenvalue weighted by Gasteiger charge is 2.29. The van der Waals surface area contributed by atoms with Crippen molar-refractivity contribution in [2.45, 2.75) is 32.3 Å². The van der Waals surface area contributed by atoms with Gasteiger partial charge in [-0.15, -0.1) is 0 Å². The van der Waals surface area contributed by atoms with E-state index in [0.29, 0.717) is 11.1 Å². The van der Waals surface area contributed by atoms with E-state index in [2.05, 4.69) is 6.58 Å². The Labute approximate surface area is 142 Å². The molecule has 0 saturated heterocycles. The molecule has 0 aliphatic heterocycles. The van der Waals surface area contributed by atoms with Gasteiger partial charge in [-0.2, -0.15) is 0 Å². The lowest BCUT2D eigenvalue weighted by atomic mass is 9.90. The van der Waals surface area contributed by atoms with Crippen LogP contribution in [0.1, 0.15) is 37.8 Å². The smallest absolute Gasteiger partial charge is 0.331 e. The van der Waals surface area contributed by atoms with E-state index in [1.54, 1.807) is 45.0 Å². The lowest BCUT2D eigenvalue weighted by Gasteiger charge is -2.18. The molecule has 128 valence electrons. The lowest BCUT2D eigenvalue weighted by Crippen LogP contribution is -2.23. The van der Waals surface area contributed by atoms with Gasteiger partial charge in [-0.3, -0.25) is 9.59 Å². The standard InChI is InChI=1S/C19H22O5/c1-6-15(20)17(18(22)23-5)14-10-8-7-9-13(14)11-12-16(21)24-19(2,3)4/h6-12,17H,1H2,2-5H3. The minimum atomic E-state index is -1.12. The second-order valence-corrected chi connectivity index (χ2v) is 6.06. The van der Waals surface area contributed by atoms with Gasteiger partial charge < -0.3 is 9.47 Å². The van der Waals surface area contributed by atoms with Gasteiger partial charge in [0.15, 0.2) is 5.78 Å². The van der Waals surface area contributed by atoms with Crippen LogP contribution in [-0.4, -0.2) is 30.4 Å². The maximum Gasteiger partial charge on any atom is 0.331 e. The summed E-state index contributed by atoms with van der Waals surface area (Å²) in [4.78, 5) is 35.8. The third kappa shape index (κ3) is 5.50. The van der Waals surface area contributed by atoms with Gasteiger partial charge in [0.05, 0.1) is 7.11 Å². The summed E-state index contributed by atoms with van der Waals surface area (Å²) in [5.41, 5.74) is 0.386. The number of benzene rings is 1. The van der Waals surface area contributed by atoms with Crippen molar-refractivity contribution in [3.63, 3.8) is 0 Å². The Bertz CT molecular complexity index is 665. The minimum Gasteiger partial charge on any atom is -0.468 e. The highest BCUT2D eigenvalue weighted by Crippen LogP contribution is 2.24. The van der Waals surface area contributed by atoms with Crippen LogP contribution in [0.2, 0.25) is 0 Å². The van der Waals surface area contributed by atoms with Gasteiger partial charge >= 0.3 is 11.9 Å². The average Bonchev–Trinajstić information content (AvgIpc) is 2.52. The Morgan fingerprint density at radius 2 is 1.79 bits per heavy atom. The number of esters is 2. The molecule has 5 nitrogen and oxygen atoms in total. The average molecular weight is 330 g/mol. The highest BCUT2D eigenvalue weighted by atomic mass is 16.6. The predicted octanol–water partition coefficient (Wildman–Crippen LogP) is 3.05. The predicted molar refractivity (Wildman–Crippen MR) is 91.3 cm³/mol. The second-order valence-electron chi connectivity index (χ2n) is 6.06. The third-order valence-corrected chi connectivity index (χ3v) is 3.04. The first-order valence-electron chi connectivity index (χ1n) is 7.43. The number of ether oxygens (including phenoxy) is 2. The SMILES string of the molecule is C=CC(=O)C(C(=O)OC)c1ccccc1C=CC(=O)OC(C)(C)C. The molecule has 0 heterocycles. The molecule has 0 aliphatic rings. The molecule has 0 N–H and O–H groups in total. The monoisotopic (exact) mass is 330 g/mol. The van der Waals surface area contributed by atoms with Crippen molar-refractivity contribution in [2.75, 3.05) is 7.11 Å². The molecule has 1 atom stereocenters. The number of carbonyl (C=O) groups is 3. The Morgan fingerprint density at radius 1 is 1.17 bits per heavy atom. The summed E-state index contributed by atoms with van der Waals surface area (Å²) in [5, 5.41) is 0. The van der Waals surface area contributed by atoms with Crippen LogP contribution in [0.5, 0.6) is 0 Å². The van der Waals surface area contributed by atoms with Crippen molar-refractivity contribution in [2.24, 2.45) is 0 Å². The van der Waals surface area contributed by atoms with E-state index in [-0.39, 0.29) is 0 Å². The molecule has 0 spiro atoms. The normalized spacial score (nSPS) is 12.5. The van der Waals surface area contributed by atoms with E-state index in [9.17, 15) is 14.4 Å². The second kappa shape index (κ2) is 8.24. The first-order valence-corrected chi connectivity index (χ1v) is 7.43. The number of ketones is 1. The summed E-state index contributed by atoms with van der Waals surface area (Å²) in [6.45, 7) is 8.72. The molecule has 1 rings (SSSR count). The number of carbonyl (C=O) groups excluding carboxylic acids is 3. The van der Waals surface area contributed by atoms with E-state index < -0.39 is 29.2 Å². The maximum atomic E-state index is 12.1. The molecule has 24 heavy (non-hydrogen) atoms. The van der Waals surface area contributed by atoms with Crippen molar-refractivity contribution < 1.29 is 23.9 Å². The van der Waals surface area contributed by atoms with Crippen LogP contribution >= 0.6 is 0 Å². The van der Waals surface area contributed by atoms with E-state index >= 15 is 0 Å². The number of hydrogen-bond acceptors (Lipinski definition) is 5. The fourth-order valence-electron chi connectivity index (χ4n) is 2.05. The van der Waals surface area contributed by atoms with Crippen LogP contribution in [0.4, 0.5) is 0 Å². The van der Waals surface area contributed by atoms with Crippen molar-refractivity contribution in [3.05, 3.63) is 54.1 Å². The highest BCUT2D eigenvalue weighted by molar-refractivity contribution is 6.10. The fourth-order valence-corrected chi connectivity index (χ4v) is 2.05. The molecule has 0 radical (unpaired) electrons. The molecular formula is C19H22O5. The van der Waals surface area contributed by atoms with E-state index in [0.717, 1.165) is 6.08 Å². The van der Waals surface area contributed by atoms with Gasteiger partial charge in [-0.25, -0.2) is 4.79 Å². The summed E-state index contributed by atoms with van der Waals surface area (Å²) >= 11 is 0. The Hall–Kier alpha value is -2.69. The molecule has 0 fully saturated rings. The van der Waals surface area contributed by atoms with Gasteiger partial charge in [0.25, 0.3) is 0 Å². The van der Waals surface area contributed by atoms with Crippen LogP contribution in [0, 0.1) is 0 Å². The van der Waals surface area contributed by atoms with Gasteiger partial charge in [0.1, 0.15) is 11.5 Å². The summed E-state index contributed by atoms with van der Waals surface area (Å²) in [6.07, 6.45) is 3.85. The van der Waals surface area contributed by atoms with Gasteiger partial charge in [0.2, 0.25) is 0 Å². The number of methoxy groups -OCH3 is 1. The Balaban J connectivity index is 3.19. The van der Waals surface area contributed by atoms with E-state index in [1.165, 1.54) is 19.3 Å². The molecule has 0 aliphatic carbocycles. The van der Waals surface area contributed by atoms with Crippen molar-refractivity contribution in [3.8, 4) is 0 Å². The fraction of sp³-hybridized carbons (Fsp3) is 0.316. The molecule has 0 amide bonds. The summed E-state index contributed by atoms with van der Waals surface area (Å²) in [6, 6.07) is 6.78. The van der Waals surface area contributed by atoms with E-state index in [4.69, 9.17) is 9.47 Å². The quantitative estimate of drug-likeness (QED) is 0.455. The lowest BCUT2D eigenvalue weighted by molar-refractivity contribution is -0.148. The molecule has 1 aromatic rings. The molecule has 0 aromatic heterocycles. The first kappa shape index (κ1) is 19.4. The van der Waals surface area contributed by atoms with Gasteiger partial charge in [-0.1, -0.05) is 30.8 Å². The Morgan fingerprint density at radius 3 is 2.33 bits per heavy atom. The topological polar surface area (TPSA) is 69.7 Å². The third-order valence-electron chi connectivity index (χ3n) is 3.04. The van der Waals surface area contributed by atoms with Crippen molar-refractivity contribution in [1.82, 2.24) is 0 Å². The van der Waals surface area contributed by atoms with Gasteiger partial charge in [-0.05, 0) is 44.1 Å². The van der Waals surface area contributed by atoms with Crippen LogP contribution in [0.25, 0.3) is 6.08 Å². The van der Waals surface area contributed by atoms with Crippen LogP contribution in [-0.2, 0) is 23.9 Å². The van der Waals surface area contributed by atoms with Crippen LogP contribution in [0.15, 0.2) is 43.0 Å². The zero-order valence-corrected chi connectivity index (χ0v) is 14.4. The summed E-state index contributed by atoms with van der Waals surface area (Å²) < 4.78 is 9.91. The first-order chi connectivity index (χ1) is 11.2. The molecule has 1 unspecified atom stereocenters. The van der Waals surface area contributed by atoms with Crippen LogP contribution < -0.4 is 0 Å². The molecule has 1 aromatic carbocycles. The molecule has 0 bridgehead atoms. The summed E-state index contributed by atoms with van der Waals surface area (Å²) in [7, 11) is 1.21. The van der Waals surface area contributed by atoms with Gasteiger partial charge in [0, 0.05) is 6.08 Å². The molecule has 0 saturated carbocycles. The van der Waals surface area contributed by atoms with Crippen LogP contribution in [0.3, 0.4) is 0 Å².